The predicted molar refractivity (Wildman–Crippen MR) is 82.2 cm³/mol. The third kappa shape index (κ3) is 7.72. The van der Waals surface area contributed by atoms with Crippen LogP contribution in [0.25, 0.3) is 0 Å². The van der Waals surface area contributed by atoms with E-state index >= 15 is 0 Å². The largest absolute Gasteiger partial charge is 0.444 e. The van der Waals surface area contributed by atoms with E-state index in [0.29, 0.717) is 26.2 Å². The number of hydrogen-bond acceptors (Lipinski definition) is 4. The molecule has 1 amide bonds. The van der Waals surface area contributed by atoms with E-state index in [4.69, 9.17) is 9.47 Å². The number of carbonyl (C=O) groups excluding carboxylic acids is 1. The van der Waals surface area contributed by atoms with Gasteiger partial charge in [-0.2, -0.15) is 0 Å². The Kier molecular flexibility index (Phi) is 7.25. The summed E-state index contributed by atoms with van der Waals surface area (Å²) in [6.07, 6.45) is 3.54. The monoisotopic (exact) mass is 297 g/mol. The van der Waals surface area contributed by atoms with Crippen molar-refractivity contribution in [2.24, 2.45) is 0 Å². The summed E-state index contributed by atoms with van der Waals surface area (Å²) in [6.45, 7) is 8.68. The maximum Gasteiger partial charge on any atom is 0.410 e. The van der Waals surface area contributed by atoms with Crippen LogP contribution in [0.4, 0.5) is 4.79 Å². The first kappa shape index (κ1) is 17.5. The highest BCUT2D eigenvalue weighted by molar-refractivity contribution is 5.68. The molecule has 0 aliphatic rings. The summed E-state index contributed by atoms with van der Waals surface area (Å²) in [7, 11) is 1.62. The van der Waals surface area contributed by atoms with Gasteiger partial charge in [-0.15, -0.1) is 0 Å². The van der Waals surface area contributed by atoms with Gasteiger partial charge < -0.3 is 24.7 Å². The van der Waals surface area contributed by atoms with E-state index in [-0.39, 0.29) is 6.09 Å². The molecule has 0 aliphatic carbocycles. The molecule has 6 heteroatoms. The summed E-state index contributed by atoms with van der Waals surface area (Å²) in [5.41, 5.74) is 0.705. The number of methoxy groups -OCH3 is 1. The number of amides is 1. The van der Waals surface area contributed by atoms with E-state index in [1.54, 1.807) is 12.0 Å². The van der Waals surface area contributed by atoms with Gasteiger partial charge in [0.2, 0.25) is 0 Å². The van der Waals surface area contributed by atoms with Gasteiger partial charge in [0.05, 0.1) is 6.61 Å². The molecule has 1 aromatic heterocycles. The first-order chi connectivity index (χ1) is 9.92. The normalized spacial score (nSPS) is 11.4. The summed E-state index contributed by atoms with van der Waals surface area (Å²) in [5.74, 6) is 0. The van der Waals surface area contributed by atoms with Crippen LogP contribution in [0.2, 0.25) is 0 Å². The zero-order valence-corrected chi connectivity index (χ0v) is 13.4. The molecule has 1 aromatic rings. The molecule has 0 bridgehead atoms. The Balaban J connectivity index is 2.36. The summed E-state index contributed by atoms with van der Waals surface area (Å²) >= 11 is 0. The highest BCUT2D eigenvalue weighted by Gasteiger charge is 2.21. The standard InChI is InChI=1S/C15H27N3O3/c1-15(2,3)21-14(19)18(9-10-20-4)8-7-17-12-13-5-6-16-11-13/h5-6,11,16-17H,7-10,12H2,1-4H3. The number of carbonyl (C=O) groups is 1. The Bertz CT molecular complexity index is 399. The number of nitrogens with one attached hydrogen (secondary N) is 2. The lowest BCUT2D eigenvalue weighted by Crippen LogP contribution is -2.42. The number of aromatic amines is 1. The van der Waals surface area contributed by atoms with Crippen LogP contribution in [0.5, 0.6) is 0 Å². The van der Waals surface area contributed by atoms with Crippen LogP contribution in [0.1, 0.15) is 26.3 Å². The zero-order valence-electron chi connectivity index (χ0n) is 13.4. The quantitative estimate of drug-likeness (QED) is 0.720. The average molecular weight is 297 g/mol. The van der Waals surface area contributed by atoms with Crippen LogP contribution < -0.4 is 5.32 Å². The van der Waals surface area contributed by atoms with Crippen molar-refractivity contribution in [3.05, 3.63) is 24.0 Å². The topological polar surface area (TPSA) is 66.6 Å². The van der Waals surface area contributed by atoms with Crippen LogP contribution in [0.15, 0.2) is 18.5 Å². The van der Waals surface area contributed by atoms with Gasteiger partial charge in [-0.25, -0.2) is 4.79 Å². The molecular formula is C15H27N3O3. The number of aromatic nitrogens is 1. The predicted octanol–water partition coefficient (Wildman–Crippen LogP) is 1.99. The Morgan fingerprint density at radius 2 is 2.14 bits per heavy atom. The molecule has 0 radical (unpaired) electrons. The second-order valence-electron chi connectivity index (χ2n) is 5.86. The minimum Gasteiger partial charge on any atom is -0.444 e. The third-order valence-electron chi connectivity index (χ3n) is 2.77. The van der Waals surface area contributed by atoms with Crippen LogP contribution >= 0.6 is 0 Å². The number of hydrogen-bond donors (Lipinski definition) is 2. The van der Waals surface area contributed by atoms with Gasteiger partial charge in [-0.1, -0.05) is 0 Å². The first-order valence-corrected chi connectivity index (χ1v) is 7.21. The molecule has 120 valence electrons. The van der Waals surface area contributed by atoms with Crippen LogP contribution in [-0.2, 0) is 16.0 Å². The molecule has 1 rings (SSSR count). The van der Waals surface area contributed by atoms with Crippen molar-refractivity contribution in [1.82, 2.24) is 15.2 Å². The highest BCUT2D eigenvalue weighted by atomic mass is 16.6. The Morgan fingerprint density at radius 1 is 1.38 bits per heavy atom. The van der Waals surface area contributed by atoms with Gasteiger partial charge in [-0.05, 0) is 32.4 Å². The van der Waals surface area contributed by atoms with Crippen molar-refractivity contribution in [2.45, 2.75) is 32.9 Å². The summed E-state index contributed by atoms with van der Waals surface area (Å²) in [6, 6.07) is 2.02. The molecule has 0 spiro atoms. The van der Waals surface area contributed by atoms with E-state index in [0.717, 1.165) is 6.54 Å². The number of rotatable bonds is 8. The van der Waals surface area contributed by atoms with Crippen LogP contribution in [0, 0.1) is 0 Å². The van der Waals surface area contributed by atoms with Gasteiger partial charge in [-0.3, -0.25) is 0 Å². The minimum absolute atomic E-state index is 0.303. The number of H-pyrrole nitrogens is 1. The lowest BCUT2D eigenvalue weighted by atomic mass is 10.2. The smallest absolute Gasteiger partial charge is 0.410 e. The summed E-state index contributed by atoms with van der Waals surface area (Å²) < 4.78 is 10.4. The Morgan fingerprint density at radius 3 is 2.71 bits per heavy atom. The molecule has 0 aliphatic heterocycles. The van der Waals surface area contributed by atoms with Crippen molar-refractivity contribution in [1.29, 1.82) is 0 Å². The van der Waals surface area contributed by atoms with Crippen LogP contribution in [-0.4, -0.2) is 54.9 Å². The van der Waals surface area contributed by atoms with Crippen molar-refractivity contribution in [2.75, 3.05) is 33.4 Å². The van der Waals surface area contributed by atoms with Gasteiger partial charge in [0.1, 0.15) is 5.60 Å². The van der Waals surface area contributed by atoms with Crippen molar-refractivity contribution in [3.63, 3.8) is 0 Å². The van der Waals surface area contributed by atoms with E-state index in [2.05, 4.69) is 10.3 Å². The molecule has 0 aromatic carbocycles. The molecule has 21 heavy (non-hydrogen) atoms. The van der Waals surface area contributed by atoms with E-state index < -0.39 is 5.60 Å². The second-order valence-corrected chi connectivity index (χ2v) is 5.86. The second kappa shape index (κ2) is 8.69. The fourth-order valence-electron chi connectivity index (χ4n) is 1.74. The van der Waals surface area contributed by atoms with E-state index in [1.165, 1.54) is 5.56 Å². The maximum absolute atomic E-state index is 12.1. The molecule has 0 saturated heterocycles. The van der Waals surface area contributed by atoms with E-state index in [9.17, 15) is 4.79 Å². The van der Waals surface area contributed by atoms with Gasteiger partial charge in [0.25, 0.3) is 0 Å². The molecule has 1 heterocycles. The molecule has 0 saturated carbocycles. The lowest BCUT2D eigenvalue weighted by Gasteiger charge is -2.27. The summed E-state index contributed by atoms with van der Waals surface area (Å²) in [4.78, 5) is 16.8. The van der Waals surface area contributed by atoms with Crippen molar-refractivity contribution >= 4 is 6.09 Å². The molecule has 2 N–H and O–H groups in total. The molecular weight excluding hydrogens is 270 g/mol. The maximum atomic E-state index is 12.1. The van der Waals surface area contributed by atoms with Gasteiger partial charge in [0, 0.05) is 45.7 Å². The van der Waals surface area contributed by atoms with Gasteiger partial charge in [0.15, 0.2) is 0 Å². The van der Waals surface area contributed by atoms with Gasteiger partial charge >= 0.3 is 6.09 Å². The molecule has 0 fully saturated rings. The minimum atomic E-state index is -0.485. The highest BCUT2D eigenvalue weighted by Crippen LogP contribution is 2.09. The fourth-order valence-corrected chi connectivity index (χ4v) is 1.74. The first-order valence-electron chi connectivity index (χ1n) is 7.21. The third-order valence-corrected chi connectivity index (χ3v) is 2.77. The lowest BCUT2D eigenvalue weighted by molar-refractivity contribution is 0.0204. The summed E-state index contributed by atoms with van der Waals surface area (Å²) in [5, 5.41) is 3.30. The number of nitrogens with zero attached hydrogens (tertiary/aromatic N) is 1. The molecule has 0 unspecified atom stereocenters. The molecule has 0 atom stereocenters. The fraction of sp³-hybridized carbons (Fsp3) is 0.667. The van der Waals surface area contributed by atoms with E-state index in [1.807, 2.05) is 39.2 Å². The van der Waals surface area contributed by atoms with Crippen LogP contribution in [0.3, 0.4) is 0 Å². The Hall–Kier alpha value is -1.53. The molecule has 6 nitrogen and oxygen atoms in total. The average Bonchev–Trinajstić information content (AvgIpc) is 2.88. The zero-order chi connectivity index (χ0) is 15.7. The van der Waals surface area contributed by atoms with Crippen molar-refractivity contribution < 1.29 is 14.3 Å². The van der Waals surface area contributed by atoms with Crippen molar-refractivity contribution in [3.8, 4) is 0 Å². The number of ether oxygens (including phenoxy) is 2. The Labute approximate surface area is 126 Å². The SMILES string of the molecule is COCCN(CCNCc1cc[nH]c1)C(=O)OC(C)(C)C.